The molecule has 3 heterocycles. The van der Waals surface area contributed by atoms with Gasteiger partial charge in [0.05, 0.1) is 4.92 Å². The number of aromatic nitrogens is 1. The Kier molecular flexibility index (Phi) is 3.82. The lowest BCUT2D eigenvalue weighted by atomic mass is 10.0. The van der Waals surface area contributed by atoms with E-state index >= 15 is 0 Å². The molecule has 2 fully saturated rings. The fourth-order valence-electron chi connectivity index (χ4n) is 3.28. The summed E-state index contributed by atoms with van der Waals surface area (Å²) in [6, 6.07) is 3.44. The minimum atomic E-state index is -0.398. The Balaban J connectivity index is 1.70. The molecule has 3 rings (SSSR count). The zero-order chi connectivity index (χ0) is 15.7. The summed E-state index contributed by atoms with van der Waals surface area (Å²) in [6.07, 6.45) is 3.17. The van der Waals surface area contributed by atoms with E-state index in [1.54, 1.807) is 12.3 Å². The van der Waals surface area contributed by atoms with Gasteiger partial charge in [0, 0.05) is 44.0 Å². The van der Waals surface area contributed by atoms with Gasteiger partial charge in [0.1, 0.15) is 0 Å². The largest absolute Gasteiger partial charge is 0.351 e. The summed E-state index contributed by atoms with van der Waals surface area (Å²) in [4.78, 5) is 30.6. The molecule has 1 aromatic rings. The number of pyridine rings is 1. The molecule has 8 nitrogen and oxygen atoms in total. The summed E-state index contributed by atoms with van der Waals surface area (Å²) >= 11 is 0. The Bertz CT molecular complexity index is 586. The molecule has 1 unspecified atom stereocenters. The molecule has 2 saturated heterocycles. The van der Waals surface area contributed by atoms with Crippen LogP contribution in [0, 0.1) is 10.1 Å². The number of urea groups is 1. The van der Waals surface area contributed by atoms with Crippen LogP contribution in [0.15, 0.2) is 18.3 Å². The van der Waals surface area contributed by atoms with Gasteiger partial charge in [-0.3, -0.25) is 10.1 Å². The first kappa shape index (κ1) is 14.6. The molecular formula is C14H19N5O3. The monoisotopic (exact) mass is 305 g/mol. The maximum atomic E-state index is 11.9. The SMILES string of the molecule is CC1CNC(=O)N1C1CCN(c2ncccc2[N+](=O)[O-])CC1. The summed E-state index contributed by atoms with van der Waals surface area (Å²) in [7, 11) is 0. The third-order valence-electron chi connectivity index (χ3n) is 4.38. The van der Waals surface area contributed by atoms with Crippen molar-refractivity contribution in [3.63, 3.8) is 0 Å². The van der Waals surface area contributed by atoms with Crippen molar-refractivity contribution in [1.29, 1.82) is 0 Å². The number of amides is 2. The van der Waals surface area contributed by atoms with Gasteiger partial charge in [-0.1, -0.05) is 0 Å². The lowest BCUT2D eigenvalue weighted by Gasteiger charge is -2.38. The van der Waals surface area contributed by atoms with E-state index in [2.05, 4.69) is 10.3 Å². The van der Waals surface area contributed by atoms with Gasteiger partial charge in [-0.2, -0.15) is 0 Å². The Morgan fingerprint density at radius 3 is 2.73 bits per heavy atom. The molecule has 2 amide bonds. The fourth-order valence-corrected chi connectivity index (χ4v) is 3.28. The number of nitrogens with one attached hydrogen (secondary N) is 1. The van der Waals surface area contributed by atoms with Crippen LogP contribution in [0.5, 0.6) is 0 Å². The highest BCUT2D eigenvalue weighted by Crippen LogP contribution is 2.29. The summed E-state index contributed by atoms with van der Waals surface area (Å²) in [5, 5.41) is 14.0. The number of anilines is 1. The average molecular weight is 305 g/mol. The summed E-state index contributed by atoms with van der Waals surface area (Å²) in [5.74, 6) is 0.421. The van der Waals surface area contributed by atoms with E-state index in [1.807, 2.05) is 16.7 Å². The molecule has 0 spiro atoms. The van der Waals surface area contributed by atoms with Gasteiger partial charge >= 0.3 is 11.7 Å². The van der Waals surface area contributed by atoms with Crippen molar-refractivity contribution in [2.45, 2.75) is 31.8 Å². The highest BCUT2D eigenvalue weighted by molar-refractivity contribution is 5.77. The molecule has 0 aliphatic carbocycles. The summed E-state index contributed by atoms with van der Waals surface area (Å²) < 4.78 is 0. The second-order valence-electron chi connectivity index (χ2n) is 5.76. The van der Waals surface area contributed by atoms with Gasteiger partial charge in [0.25, 0.3) is 0 Å². The van der Waals surface area contributed by atoms with Crippen molar-refractivity contribution in [3.8, 4) is 0 Å². The molecule has 0 saturated carbocycles. The van der Waals surface area contributed by atoms with Crippen molar-refractivity contribution < 1.29 is 9.72 Å². The van der Waals surface area contributed by atoms with E-state index in [9.17, 15) is 14.9 Å². The van der Waals surface area contributed by atoms with Crippen LogP contribution in [0.3, 0.4) is 0 Å². The van der Waals surface area contributed by atoms with Gasteiger partial charge in [-0.15, -0.1) is 0 Å². The molecule has 2 aliphatic heterocycles. The van der Waals surface area contributed by atoms with Crippen molar-refractivity contribution >= 4 is 17.5 Å². The third-order valence-corrected chi connectivity index (χ3v) is 4.38. The molecule has 0 aromatic carbocycles. The molecule has 1 N–H and O–H groups in total. The van der Waals surface area contributed by atoms with Gasteiger partial charge in [0.2, 0.25) is 5.82 Å². The van der Waals surface area contributed by atoms with Crippen LogP contribution >= 0.6 is 0 Å². The molecule has 22 heavy (non-hydrogen) atoms. The molecule has 0 radical (unpaired) electrons. The van der Waals surface area contributed by atoms with Crippen LogP contribution in [0.25, 0.3) is 0 Å². The van der Waals surface area contributed by atoms with Gasteiger partial charge in [-0.05, 0) is 25.8 Å². The molecular weight excluding hydrogens is 286 g/mol. The second-order valence-corrected chi connectivity index (χ2v) is 5.76. The lowest BCUT2D eigenvalue weighted by molar-refractivity contribution is -0.384. The molecule has 8 heteroatoms. The van der Waals surface area contributed by atoms with E-state index in [0.717, 1.165) is 12.8 Å². The number of nitro groups is 1. The number of carbonyl (C=O) groups is 1. The van der Waals surface area contributed by atoms with E-state index in [-0.39, 0.29) is 23.8 Å². The second kappa shape index (κ2) is 5.78. The first-order valence-electron chi connectivity index (χ1n) is 7.48. The Morgan fingerprint density at radius 1 is 1.41 bits per heavy atom. The van der Waals surface area contributed by atoms with E-state index < -0.39 is 4.92 Å². The maximum absolute atomic E-state index is 11.9. The normalized spacial score (nSPS) is 22.8. The van der Waals surface area contributed by atoms with Crippen LogP contribution in [0.1, 0.15) is 19.8 Å². The maximum Gasteiger partial charge on any atom is 0.318 e. The highest BCUT2D eigenvalue weighted by atomic mass is 16.6. The zero-order valence-corrected chi connectivity index (χ0v) is 12.4. The summed E-state index contributed by atoms with van der Waals surface area (Å²) in [6.45, 7) is 4.05. The molecule has 2 aliphatic rings. The molecule has 0 bridgehead atoms. The number of nitrogens with zero attached hydrogens (tertiary/aromatic N) is 4. The molecule has 1 atom stereocenters. The smallest absolute Gasteiger partial charge is 0.318 e. The lowest BCUT2D eigenvalue weighted by Crippen LogP contribution is -2.48. The predicted molar refractivity (Wildman–Crippen MR) is 80.8 cm³/mol. The standard InChI is InChI=1S/C14H19N5O3/c1-10-9-16-14(20)18(10)11-4-7-17(8-5-11)13-12(19(21)22)3-2-6-15-13/h2-3,6,10-11H,4-5,7-9H2,1H3,(H,16,20). The van der Waals surface area contributed by atoms with Crippen LogP contribution < -0.4 is 10.2 Å². The molecule has 1 aromatic heterocycles. The van der Waals surface area contributed by atoms with Crippen molar-refractivity contribution in [3.05, 3.63) is 28.4 Å². The highest BCUT2D eigenvalue weighted by Gasteiger charge is 2.36. The van der Waals surface area contributed by atoms with Crippen LogP contribution in [0.2, 0.25) is 0 Å². The summed E-state index contributed by atoms with van der Waals surface area (Å²) in [5.41, 5.74) is 0.0354. The van der Waals surface area contributed by atoms with Crippen molar-refractivity contribution in [2.75, 3.05) is 24.5 Å². The van der Waals surface area contributed by atoms with Crippen LogP contribution in [0.4, 0.5) is 16.3 Å². The minimum Gasteiger partial charge on any atom is -0.351 e. The minimum absolute atomic E-state index is 0.00485. The Labute approximate surface area is 128 Å². The zero-order valence-electron chi connectivity index (χ0n) is 12.4. The first-order valence-corrected chi connectivity index (χ1v) is 7.48. The van der Waals surface area contributed by atoms with Gasteiger partial charge in [0.15, 0.2) is 0 Å². The van der Waals surface area contributed by atoms with Crippen LogP contribution in [-0.2, 0) is 0 Å². The number of hydrogen-bond acceptors (Lipinski definition) is 5. The van der Waals surface area contributed by atoms with Gasteiger partial charge in [-0.25, -0.2) is 9.78 Å². The van der Waals surface area contributed by atoms with Crippen molar-refractivity contribution in [2.24, 2.45) is 0 Å². The first-order chi connectivity index (χ1) is 10.6. The van der Waals surface area contributed by atoms with Crippen molar-refractivity contribution in [1.82, 2.24) is 15.2 Å². The van der Waals surface area contributed by atoms with E-state index in [0.29, 0.717) is 25.5 Å². The Hall–Kier alpha value is -2.38. The van der Waals surface area contributed by atoms with Gasteiger partial charge < -0.3 is 15.1 Å². The average Bonchev–Trinajstić information content (AvgIpc) is 2.86. The number of piperidine rings is 1. The quantitative estimate of drug-likeness (QED) is 0.672. The van der Waals surface area contributed by atoms with E-state index in [4.69, 9.17) is 0 Å². The number of hydrogen-bond donors (Lipinski definition) is 1. The van der Waals surface area contributed by atoms with Crippen LogP contribution in [-0.4, -0.2) is 52.6 Å². The Morgan fingerprint density at radius 2 is 2.14 bits per heavy atom. The number of rotatable bonds is 3. The fraction of sp³-hybridized carbons (Fsp3) is 0.571. The van der Waals surface area contributed by atoms with E-state index in [1.165, 1.54) is 6.07 Å². The molecule has 118 valence electrons. The third kappa shape index (κ3) is 2.56. The topological polar surface area (TPSA) is 91.6 Å². The predicted octanol–water partition coefficient (Wildman–Crippen LogP) is 1.37. The number of carbonyl (C=O) groups excluding carboxylic acids is 1.